The van der Waals surface area contributed by atoms with Gasteiger partial charge in [-0.1, -0.05) is 24.3 Å². The molecule has 30 heavy (non-hydrogen) atoms. The monoisotopic (exact) mass is 405 g/mol. The van der Waals surface area contributed by atoms with E-state index in [0.717, 1.165) is 6.42 Å². The third-order valence-electron chi connectivity index (χ3n) is 6.66. The fourth-order valence-corrected chi connectivity index (χ4v) is 5.23. The molecule has 4 aliphatic rings. The molecule has 6 nitrogen and oxygen atoms in total. The van der Waals surface area contributed by atoms with Gasteiger partial charge in [-0.05, 0) is 66.5 Å². The van der Waals surface area contributed by atoms with Crippen LogP contribution in [0.4, 0.5) is 5.69 Å². The van der Waals surface area contributed by atoms with Crippen LogP contribution >= 0.6 is 0 Å². The highest BCUT2D eigenvalue weighted by atomic mass is 16.5. The molecule has 0 aliphatic heterocycles. The maximum atomic E-state index is 13.0. The lowest BCUT2D eigenvalue weighted by Crippen LogP contribution is -2.48. The molecule has 2 fully saturated rings. The maximum Gasteiger partial charge on any atom is 0.307 e. The minimum atomic E-state index is -0.875. The molecule has 1 amide bonds. The standard InChI is InChI=1S/C24H23NO5/c1-29-19-4-2-3-5-20(19)30-14-8-6-13(7-9-14)25-23(26)21-15-10-11-16(18-12-17(15)18)22(21)24(27)28/h2-11,15-18,21-22H,12H2,1H3,(H,25,26)(H,27,28). The van der Waals surface area contributed by atoms with Crippen molar-refractivity contribution in [2.75, 3.05) is 12.4 Å². The van der Waals surface area contributed by atoms with E-state index in [0.29, 0.717) is 34.8 Å². The number of carboxylic acid groups (broad SMARTS) is 1. The average molecular weight is 405 g/mol. The van der Waals surface area contributed by atoms with E-state index < -0.39 is 17.8 Å². The number of hydrogen-bond donors (Lipinski definition) is 2. The number of benzene rings is 2. The number of carboxylic acids is 1. The van der Waals surface area contributed by atoms with Crippen LogP contribution in [0.25, 0.3) is 0 Å². The van der Waals surface area contributed by atoms with Gasteiger partial charge in [0.25, 0.3) is 0 Å². The first kappa shape index (κ1) is 18.7. The zero-order chi connectivity index (χ0) is 20.8. The van der Waals surface area contributed by atoms with Crippen molar-refractivity contribution >= 4 is 17.6 Å². The lowest BCUT2D eigenvalue weighted by atomic mass is 9.62. The number of para-hydroxylation sites is 2. The van der Waals surface area contributed by atoms with Crippen molar-refractivity contribution < 1.29 is 24.2 Å². The predicted molar refractivity (Wildman–Crippen MR) is 110 cm³/mol. The summed E-state index contributed by atoms with van der Waals surface area (Å²) in [6.07, 6.45) is 5.11. The van der Waals surface area contributed by atoms with Crippen LogP contribution in [-0.2, 0) is 9.59 Å². The molecule has 6 rings (SSSR count). The van der Waals surface area contributed by atoms with Crippen LogP contribution in [0.5, 0.6) is 17.2 Å². The first-order chi connectivity index (χ1) is 14.6. The van der Waals surface area contributed by atoms with Crippen molar-refractivity contribution in [1.82, 2.24) is 0 Å². The summed E-state index contributed by atoms with van der Waals surface area (Å²) in [4.78, 5) is 24.9. The number of carbonyl (C=O) groups is 2. The second kappa shape index (κ2) is 7.20. The van der Waals surface area contributed by atoms with Gasteiger partial charge in [0.1, 0.15) is 5.75 Å². The molecule has 154 valence electrons. The number of nitrogens with one attached hydrogen (secondary N) is 1. The van der Waals surface area contributed by atoms with E-state index in [4.69, 9.17) is 9.47 Å². The van der Waals surface area contributed by atoms with E-state index in [2.05, 4.69) is 11.4 Å². The highest BCUT2D eigenvalue weighted by molar-refractivity contribution is 5.96. The van der Waals surface area contributed by atoms with Gasteiger partial charge in [-0.15, -0.1) is 0 Å². The Hall–Kier alpha value is -3.28. The molecule has 2 aromatic rings. The molecule has 2 bridgehead atoms. The number of amides is 1. The Morgan fingerprint density at radius 2 is 1.57 bits per heavy atom. The number of methoxy groups -OCH3 is 1. The van der Waals surface area contributed by atoms with Crippen molar-refractivity contribution in [3.8, 4) is 17.2 Å². The lowest BCUT2D eigenvalue weighted by molar-refractivity contribution is -0.152. The number of hydrogen-bond acceptors (Lipinski definition) is 4. The van der Waals surface area contributed by atoms with Gasteiger partial charge in [0, 0.05) is 5.69 Å². The van der Waals surface area contributed by atoms with Crippen molar-refractivity contribution in [3.05, 3.63) is 60.7 Å². The van der Waals surface area contributed by atoms with Gasteiger partial charge in [0.2, 0.25) is 5.91 Å². The fraction of sp³-hybridized carbons (Fsp3) is 0.333. The molecular formula is C24H23NO5. The Labute approximate surface area is 174 Å². The first-order valence-corrected chi connectivity index (χ1v) is 10.2. The molecule has 0 radical (unpaired) electrons. The summed E-state index contributed by atoms with van der Waals surface area (Å²) >= 11 is 0. The molecular weight excluding hydrogens is 382 g/mol. The zero-order valence-corrected chi connectivity index (χ0v) is 16.5. The molecule has 2 saturated carbocycles. The van der Waals surface area contributed by atoms with Gasteiger partial charge in [0.05, 0.1) is 18.9 Å². The minimum absolute atomic E-state index is 0.0225. The zero-order valence-electron chi connectivity index (χ0n) is 16.5. The van der Waals surface area contributed by atoms with E-state index in [9.17, 15) is 14.7 Å². The molecule has 0 heterocycles. The minimum Gasteiger partial charge on any atom is -0.493 e. The van der Waals surface area contributed by atoms with Crippen molar-refractivity contribution in [3.63, 3.8) is 0 Å². The van der Waals surface area contributed by atoms with Crippen LogP contribution in [0.2, 0.25) is 0 Å². The Kier molecular flexibility index (Phi) is 4.50. The molecule has 2 N–H and O–H groups in total. The van der Waals surface area contributed by atoms with Gasteiger partial charge in [-0.2, -0.15) is 0 Å². The predicted octanol–water partition coefficient (Wildman–Crippen LogP) is 4.19. The van der Waals surface area contributed by atoms with E-state index in [1.165, 1.54) is 0 Å². The molecule has 6 unspecified atom stereocenters. The Bertz CT molecular complexity index is 1010. The van der Waals surface area contributed by atoms with E-state index in [-0.39, 0.29) is 17.7 Å². The van der Waals surface area contributed by atoms with Gasteiger partial charge in [0.15, 0.2) is 11.5 Å². The van der Waals surface area contributed by atoms with Crippen LogP contribution in [0.3, 0.4) is 0 Å². The van der Waals surface area contributed by atoms with E-state index in [1.54, 1.807) is 31.4 Å². The number of aliphatic carboxylic acids is 1. The van der Waals surface area contributed by atoms with Crippen LogP contribution in [0.1, 0.15) is 6.42 Å². The summed E-state index contributed by atoms with van der Waals surface area (Å²) in [5.41, 5.74) is 0.620. The Morgan fingerprint density at radius 1 is 0.933 bits per heavy atom. The normalized spacial score (nSPS) is 30.3. The third-order valence-corrected chi connectivity index (χ3v) is 6.66. The highest BCUT2D eigenvalue weighted by Gasteiger charge is 2.62. The molecule has 6 atom stereocenters. The summed E-state index contributed by atoms with van der Waals surface area (Å²) in [5, 5.41) is 12.7. The topological polar surface area (TPSA) is 84.9 Å². The molecule has 2 aromatic carbocycles. The second-order valence-corrected chi connectivity index (χ2v) is 8.26. The lowest BCUT2D eigenvalue weighted by Gasteiger charge is -2.41. The SMILES string of the molecule is COc1ccccc1Oc1ccc(NC(=O)C2C3C=CC(C4CC34)C2C(=O)O)cc1. The van der Waals surface area contributed by atoms with E-state index >= 15 is 0 Å². The van der Waals surface area contributed by atoms with Crippen molar-refractivity contribution in [2.24, 2.45) is 35.5 Å². The Morgan fingerprint density at radius 3 is 2.20 bits per heavy atom. The molecule has 0 saturated heterocycles. The quantitative estimate of drug-likeness (QED) is 0.704. The summed E-state index contributed by atoms with van der Waals surface area (Å²) in [6.45, 7) is 0. The van der Waals surface area contributed by atoms with Gasteiger partial charge in [-0.25, -0.2) is 0 Å². The van der Waals surface area contributed by atoms with E-state index in [1.807, 2.05) is 30.3 Å². The molecule has 6 heteroatoms. The van der Waals surface area contributed by atoms with Crippen LogP contribution in [0, 0.1) is 35.5 Å². The fourth-order valence-electron chi connectivity index (χ4n) is 5.23. The van der Waals surface area contributed by atoms with Crippen molar-refractivity contribution in [1.29, 1.82) is 0 Å². The van der Waals surface area contributed by atoms with Gasteiger partial charge < -0.3 is 19.9 Å². The maximum absolute atomic E-state index is 13.0. The van der Waals surface area contributed by atoms with Gasteiger partial charge in [-0.3, -0.25) is 9.59 Å². The summed E-state index contributed by atoms with van der Waals surface area (Å²) in [6, 6.07) is 14.4. The molecule has 0 spiro atoms. The molecule has 0 aromatic heterocycles. The first-order valence-electron chi connectivity index (χ1n) is 10.2. The summed E-state index contributed by atoms with van der Waals surface area (Å²) in [7, 11) is 1.59. The average Bonchev–Trinajstić information content (AvgIpc) is 3.57. The number of allylic oxidation sites excluding steroid dienone is 2. The second-order valence-electron chi connectivity index (χ2n) is 8.26. The van der Waals surface area contributed by atoms with Crippen molar-refractivity contribution in [2.45, 2.75) is 6.42 Å². The van der Waals surface area contributed by atoms with Gasteiger partial charge >= 0.3 is 5.97 Å². The van der Waals surface area contributed by atoms with Crippen LogP contribution in [-0.4, -0.2) is 24.1 Å². The van der Waals surface area contributed by atoms with Crippen LogP contribution < -0.4 is 14.8 Å². The Balaban J connectivity index is 1.30. The number of rotatable bonds is 6. The number of anilines is 1. The largest absolute Gasteiger partial charge is 0.493 e. The highest BCUT2D eigenvalue weighted by Crippen LogP contribution is 2.63. The smallest absolute Gasteiger partial charge is 0.307 e. The number of ether oxygens (including phenoxy) is 2. The third kappa shape index (κ3) is 3.12. The number of carbonyl (C=O) groups excluding carboxylic acids is 1. The summed E-state index contributed by atoms with van der Waals surface area (Å²) < 4.78 is 11.2. The summed E-state index contributed by atoms with van der Waals surface area (Å²) in [5.74, 6) is 0.493. The molecule has 4 aliphatic carbocycles. The van der Waals surface area contributed by atoms with Crippen LogP contribution in [0.15, 0.2) is 60.7 Å². The number of fused-ring (bicyclic) bond motifs is 1.